The molecule has 1 saturated heterocycles. The van der Waals surface area contributed by atoms with Gasteiger partial charge in [-0.2, -0.15) is 0 Å². The number of aromatic nitrogens is 1. The lowest BCUT2D eigenvalue weighted by Crippen LogP contribution is -2.14. The van der Waals surface area contributed by atoms with Crippen molar-refractivity contribution in [3.8, 4) is 0 Å². The number of anilines is 1. The van der Waals surface area contributed by atoms with Crippen LogP contribution in [0.25, 0.3) is 0 Å². The first-order valence-corrected chi connectivity index (χ1v) is 6.49. The van der Waals surface area contributed by atoms with Crippen molar-refractivity contribution in [1.29, 1.82) is 0 Å². The second-order valence-electron chi connectivity index (χ2n) is 3.91. The first-order valence-electron chi connectivity index (χ1n) is 5.67. The van der Waals surface area contributed by atoms with Crippen LogP contribution in [0.15, 0.2) is 6.20 Å². The summed E-state index contributed by atoms with van der Waals surface area (Å²) in [5.74, 6) is 0.577. The highest BCUT2D eigenvalue weighted by atomic mass is 32.1. The second-order valence-corrected chi connectivity index (χ2v) is 4.97. The Morgan fingerprint density at radius 1 is 1.67 bits per heavy atom. The molecule has 0 aliphatic carbocycles. The molecule has 0 saturated carbocycles. The van der Waals surface area contributed by atoms with E-state index in [4.69, 9.17) is 4.74 Å². The summed E-state index contributed by atoms with van der Waals surface area (Å²) in [5.41, 5.74) is 0. The van der Waals surface area contributed by atoms with Gasteiger partial charge < -0.3 is 10.1 Å². The molecule has 1 aliphatic rings. The topological polar surface area (TPSA) is 34.2 Å². The molecule has 1 aliphatic heterocycles. The van der Waals surface area contributed by atoms with E-state index in [0.29, 0.717) is 5.92 Å². The molecule has 0 spiro atoms. The summed E-state index contributed by atoms with van der Waals surface area (Å²) in [6, 6.07) is 0. The fourth-order valence-electron chi connectivity index (χ4n) is 1.75. The van der Waals surface area contributed by atoms with Gasteiger partial charge >= 0.3 is 0 Å². The van der Waals surface area contributed by atoms with Crippen LogP contribution in [0.1, 0.15) is 37.0 Å². The molecule has 2 heterocycles. The Morgan fingerprint density at radius 3 is 3.33 bits per heavy atom. The van der Waals surface area contributed by atoms with E-state index >= 15 is 0 Å². The van der Waals surface area contributed by atoms with Crippen molar-refractivity contribution < 1.29 is 4.74 Å². The normalized spacial score (nSPS) is 21.5. The molecule has 1 N–H and O–H groups in total. The first-order chi connectivity index (χ1) is 7.40. The standard InChI is InChI=1S/C11H18N2OS/c1-2-5-12-11-13-7-10(15-11)9-4-3-6-14-8-9/h7,9H,2-6,8H2,1H3,(H,12,13). The van der Waals surface area contributed by atoms with Crippen LogP contribution >= 0.6 is 11.3 Å². The number of rotatable bonds is 4. The number of hydrogen-bond donors (Lipinski definition) is 1. The van der Waals surface area contributed by atoms with Gasteiger partial charge in [0.25, 0.3) is 0 Å². The molecule has 1 unspecified atom stereocenters. The Balaban J connectivity index is 1.93. The van der Waals surface area contributed by atoms with Gasteiger partial charge in [-0.25, -0.2) is 4.98 Å². The van der Waals surface area contributed by atoms with E-state index in [1.54, 1.807) is 11.3 Å². The van der Waals surface area contributed by atoms with Crippen LogP contribution in [0.3, 0.4) is 0 Å². The van der Waals surface area contributed by atoms with Gasteiger partial charge in [-0.05, 0) is 19.3 Å². The van der Waals surface area contributed by atoms with Gasteiger partial charge in [0.05, 0.1) is 6.61 Å². The van der Waals surface area contributed by atoms with E-state index in [1.807, 2.05) is 6.20 Å². The van der Waals surface area contributed by atoms with E-state index in [1.165, 1.54) is 17.7 Å². The molecule has 1 aromatic rings. The minimum absolute atomic E-state index is 0.577. The quantitative estimate of drug-likeness (QED) is 0.857. The Hall–Kier alpha value is -0.610. The van der Waals surface area contributed by atoms with E-state index in [2.05, 4.69) is 17.2 Å². The molecule has 15 heavy (non-hydrogen) atoms. The molecule has 0 amide bonds. The lowest BCUT2D eigenvalue weighted by molar-refractivity contribution is 0.0813. The molecule has 0 radical (unpaired) electrons. The van der Waals surface area contributed by atoms with Crippen LogP contribution < -0.4 is 5.32 Å². The molecule has 84 valence electrons. The van der Waals surface area contributed by atoms with Gasteiger partial charge in [0, 0.05) is 30.1 Å². The lowest BCUT2D eigenvalue weighted by atomic mass is 10.0. The lowest BCUT2D eigenvalue weighted by Gasteiger charge is -2.20. The maximum atomic E-state index is 5.49. The van der Waals surface area contributed by atoms with Crippen molar-refractivity contribution >= 4 is 16.5 Å². The molecule has 3 nitrogen and oxygen atoms in total. The Morgan fingerprint density at radius 2 is 2.60 bits per heavy atom. The predicted molar refractivity (Wildman–Crippen MR) is 63.7 cm³/mol. The maximum Gasteiger partial charge on any atom is 0.182 e. The highest BCUT2D eigenvalue weighted by Gasteiger charge is 2.18. The zero-order chi connectivity index (χ0) is 10.5. The van der Waals surface area contributed by atoms with E-state index < -0.39 is 0 Å². The van der Waals surface area contributed by atoms with Gasteiger partial charge in [0.2, 0.25) is 0 Å². The van der Waals surface area contributed by atoms with Crippen LogP contribution in [-0.4, -0.2) is 24.7 Å². The van der Waals surface area contributed by atoms with Crippen LogP contribution in [0.5, 0.6) is 0 Å². The summed E-state index contributed by atoms with van der Waals surface area (Å²) in [5, 5.41) is 4.37. The van der Waals surface area contributed by atoms with Gasteiger partial charge in [-0.1, -0.05) is 6.92 Å². The number of thiazole rings is 1. The van der Waals surface area contributed by atoms with Gasteiger partial charge in [0.15, 0.2) is 5.13 Å². The van der Waals surface area contributed by atoms with E-state index in [-0.39, 0.29) is 0 Å². The van der Waals surface area contributed by atoms with E-state index in [0.717, 1.165) is 31.3 Å². The van der Waals surface area contributed by atoms with Crippen molar-refractivity contribution in [2.75, 3.05) is 25.1 Å². The molecule has 0 bridgehead atoms. The largest absolute Gasteiger partial charge is 0.381 e. The summed E-state index contributed by atoms with van der Waals surface area (Å²) < 4.78 is 5.49. The fraction of sp³-hybridized carbons (Fsp3) is 0.727. The van der Waals surface area contributed by atoms with Crippen LogP contribution in [0.2, 0.25) is 0 Å². The Labute approximate surface area is 94.9 Å². The van der Waals surface area contributed by atoms with Crippen LogP contribution in [0.4, 0.5) is 5.13 Å². The average molecular weight is 226 g/mol. The number of nitrogens with zero attached hydrogens (tertiary/aromatic N) is 1. The molecular formula is C11H18N2OS. The third kappa shape index (κ3) is 2.92. The van der Waals surface area contributed by atoms with E-state index in [9.17, 15) is 0 Å². The zero-order valence-corrected chi connectivity index (χ0v) is 9.98. The smallest absolute Gasteiger partial charge is 0.182 e. The van der Waals surface area contributed by atoms with Crippen LogP contribution in [-0.2, 0) is 4.74 Å². The highest BCUT2D eigenvalue weighted by Crippen LogP contribution is 2.31. The Kier molecular flexibility index (Phi) is 3.97. The maximum absolute atomic E-state index is 5.49. The van der Waals surface area contributed by atoms with Crippen molar-refractivity contribution in [2.24, 2.45) is 0 Å². The van der Waals surface area contributed by atoms with Crippen molar-refractivity contribution in [3.05, 3.63) is 11.1 Å². The fourth-order valence-corrected chi connectivity index (χ4v) is 2.71. The summed E-state index contributed by atoms with van der Waals surface area (Å²) in [6.45, 7) is 4.97. The molecule has 1 fully saturated rings. The SMILES string of the molecule is CCCNc1ncc(C2CCCOC2)s1. The average Bonchev–Trinajstić information content (AvgIpc) is 2.76. The zero-order valence-electron chi connectivity index (χ0n) is 9.16. The summed E-state index contributed by atoms with van der Waals surface area (Å²) in [7, 11) is 0. The molecule has 1 atom stereocenters. The third-order valence-corrected chi connectivity index (χ3v) is 3.73. The molecule has 4 heteroatoms. The van der Waals surface area contributed by atoms with Crippen LogP contribution in [0, 0.1) is 0 Å². The number of hydrogen-bond acceptors (Lipinski definition) is 4. The number of nitrogens with one attached hydrogen (secondary N) is 1. The molecular weight excluding hydrogens is 208 g/mol. The predicted octanol–water partition coefficient (Wildman–Crippen LogP) is 2.86. The van der Waals surface area contributed by atoms with Crippen molar-refractivity contribution in [3.63, 3.8) is 0 Å². The number of ether oxygens (including phenoxy) is 1. The van der Waals surface area contributed by atoms with Gasteiger partial charge in [0.1, 0.15) is 0 Å². The summed E-state index contributed by atoms with van der Waals surface area (Å²) in [6.07, 6.45) is 5.57. The minimum atomic E-state index is 0.577. The third-order valence-electron chi connectivity index (χ3n) is 2.61. The van der Waals surface area contributed by atoms with Gasteiger partial charge in [-0.3, -0.25) is 0 Å². The molecule has 1 aromatic heterocycles. The second kappa shape index (κ2) is 5.47. The van der Waals surface area contributed by atoms with Crippen molar-refractivity contribution in [1.82, 2.24) is 4.98 Å². The minimum Gasteiger partial charge on any atom is -0.381 e. The highest BCUT2D eigenvalue weighted by molar-refractivity contribution is 7.15. The van der Waals surface area contributed by atoms with Gasteiger partial charge in [-0.15, -0.1) is 11.3 Å². The summed E-state index contributed by atoms with van der Waals surface area (Å²) >= 11 is 1.78. The Bertz CT molecular complexity index is 295. The van der Waals surface area contributed by atoms with Crippen molar-refractivity contribution in [2.45, 2.75) is 32.1 Å². The molecule has 0 aromatic carbocycles. The summed E-state index contributed by atoms with van der Waals surface area (Å²) in [4.78, 5) is 5.75. The molecule has 2 rings (SSSR count). The monoisotopic (exact) mass is 226 g/mol. The first kappa shape index (κ1) is 10.9.